The molecule has 114 valence electrons. The van der Waals surface area contributed by atoms with Crippen LogP contribution in [0, 0.1) is 11.7 Å². The lowest BCUT2D eigenvalue weighted by Gasteiger charge is -2.28. The van der Waals surface area contributed by atoms with E-state index in [1.807, 2.05) is 0 Å². The van der Waals surface area contributed by atoms with Gasteiger partial charge >= 0.3 is 0 Å². The van der Waals surface area contributed by atoms with Crippen LogP contribution < -0.4 is 16.0 Å². The zero-order valence-electron chi connectivity index (χ0n) is 12.1. The van der Waals surface area contributed by atoms with Crippen molar-refractivity contribution >= 4 is 11.6 Å². The van der Waals surface area contributed by atoms with Crippen LogP contribution in [0.15, 0.2) is 18.2 Å². The van der Waals surface area contributed by atoms with E-state index in [1.165, 1.54) is 25.3 Å². The second-order valence-corrected chi connectivity index (χ2v) is 6.17. The van der Waals surface area contributed by atoms with Crippen molar-refractivity contribution in [1.29, 1.82) is 0 Å². The van der Waals surface area contributed by atoms with E-state index in [-0.39, 0.29) is 11.4 Å². The van der Waals surface area contributed by atoms with Gasteiger partial charge in [-0.1, -0.05) is 0 Å². The van der Waals surface area contributed by atoms with Gasteiger partial charge in [0, 0.05) is 24.7 Å². The molecule has 4 nitrogen and oxygen atoms in total. The molecule has 1 amide bonds. The molecule has 1 aliphatic heterocycles. The van der Waals surface area contributed by atoms with Gasteiger partial charge in [-0.05, 0) is 56.3 Å². The minimum Gasteiger partial charge on any atom is -0.367 e. The maximum Gasteiger partial charge on any atom is 0.248 e. The fourth-order valence-corrected chi connectivity index (χ4v) is 2.98. The number of primary amides is 1. The molecule has 0 bridgehead atoms. The first-order valence-electron chi connectivity index (χ1n) is 7.71. The third-order valence-corrected chi connectivity index (χ3v) is 4.35. The first-order chi connectivity index (χ1) is 10.1. The van der Waals surface area contributed by atoms with Crippen LogP contribution in [0.1, 0.15) is 36.0 Å². The average Bonchev–Trinajstić information content (AvgIpc) is 3.11. The molecule has 1 aromatic rings. The molecule has 2 aliphatic rings. The summed E-state index contributed by atoms with van der Waals surface area (Å²) in [5, 5.41) is 3.46. The zero-order valence-corrected chi connectivity index (χ0v) is 12.1. The summed E-state index contributed by atoms with van der Waals surface area (Å²) >= 11 is 0. The van der Waals surface area contributed by atoms with Crippen LogP contribution in [0.4, 0.5) is 10.1 Å². The Balaban J connectivity index is 1.78. The summed E-state index contributed by atoms with van der Waals surface area (Å²) in [5.74, 6) is -0.266. The van der Waals surface area contributed by atoms with Crippen molar-refractivity contribution < 1.29 is 9.18 Å². The van der Waals surface area contributed by atoms with Crippen LogP contribution in [0.5, 0.6) is 0 Å². The molecule has 1 atom stereocenters. The molecule has 3 N–H and O–H groups in total. The summed E-state index contributed by atoms with van der Waals surface area (Å²) in [7, 11) is 0. The Kier molecular flexibility index (Phi) is 4.10. The number of carbonyl (C=O) groups is 1. The Bertz CT molecular complexity index is 524. The van der Waals surface area contributed by atoms with E-state index in [9.17, 15) is 9.18 Å². The minimum absolute atomic E-state index is 0.224. The molecule has 1 aliphatic carbocycles. The van der Waals surface area contributed by atoms with E-state index in [4.69, 9.17) is 5.73 Å². The van der Waals surface area contributed by atoms with Gasteiger partial charge in [0.25, 0.3) is 0 Å². The maximum atomic E-state index is 14.3. The number of hydrogen-bond donors (Lipinski definition) is 2. The third-order valence-electron chi connectivity index (χ3n) is 4.35. The van der Waals surface area contributed by atoms with Crippen molar-refractivity contribution in [2.75, 3.05) is 24.5 Å². The number of nitrogens with one attached hydrogen (secondary N) is 1. The summed E-state index contributed by atoms with van der Waals surface area (Å²) in [6.07, 6.45) is 4.79. The van der Waals surface area contributed by atoms with Gasteiger partial charge in [-0.2, -0.15) is 0 Å². The van der Waals surface area contributed by atoms with Gasteiger partial charge in [-0.3, -0.25) is 4.79 Å². The van der Waals surface area contributed by atoms with Crippen LogP contribution in [0.3, 0.4) is 0 Å². The van der Waals surface area contributed by atoms with Crippen molar-refractivity contribution in [2.24, 2.45) is 11.7 Å². The molecule has 3 rings (SSSR count). The van der Waals surface area contributed by atoms with Crippen LogP contribution >= 0.6 is 0 Å². The number of carbonyl (C=O) groups excluding carboxylic acids is 1. The summed E-state index contributed by atoms with van der Waals surface area (Å²) in [6.45, 7) is 2.76. The first-order valence-corrected chi connectivity index (χ1v) is 7.71. The van der Waals surface area contributed by atoms with E-state index in [0.717, 1.165) is 26.1 Å². The number of anilines is 1. The Morgan fingerprint density at radius 3 is 2.71 bits per heavy atom. The highest BCUT2D eigenvalue weighted by atomic mass is 19.1. The highest BCUT2D eigenvalue weighted by molar-refractivity contribution is 5.93. The smallest absolute Gasteiger partial charge is 0.248 e. The molecule has 1 heterocycles. The van der Waals surface area contributed by atoms with Crippen molar-refractivity contribution in [2.45, 2.75) is 31.7 Å². The molecule has 1 saturated carbocycles. The molecule has 1 aromatic carbocycles. The number of nitrogens with zero attached hydrogens (tertiary/aromatic N) is 1. The van der Waals surface area contributed by atoms with Crippen LogP contribution in [0.25, 0.3) is 0 Å². The van der Waals surface area contributed by atoms with Crippen molar-refractivity contribution in [3.05, 3.63) is 29.6 Å². The maximum absolute atomic E-state index is 14.3. The molecule has 2 fully saturated rings. The average molecular weight is 291 g/mol. The van der Waals surface area contributed by atoms with Crippen molar-refractivity contribution in [3.8, 4) is 0 Å². The second kappa shape index (κ2) is 6.02. The summed E-state index contributed by atoms with van der Waals surface area (Å²) in [5.41, 5.74) is 6.01. The van der Waals surface area contributed by atoms with E-state index < -0.39 is 5.91 Å². The fourth-order valence-electron chi connectivity index (χ4n) is 2.98. The van der Waals surface area contributed by atoms with E-state index in [1.54, 1.807) is 12.1 Å². The van der Waals surface area contributed by atoms with Crippen LogP contribution in [-0.4, -0.2) is 31.6 Å². The third kappa shape index (κ3) is 3.53. The molecule has 0 spiro atoms. The highest BCUT2D eigenvalue weighted by Crippen LogP contribution is 2.32. The minimum atomic E-state index is -0.591. The van der Waals surface area contributed by atoms with E-state index >= 15 is 0 Å². The van der Waals surface area contributed by atoms with Crippen LogP contribution in [-0.2, 0) is 0 Å². The molecular formula is C16H22FN3O. The highest BCUT2D eigenvalue weighted by Gasteiger charge is 2.28. The topological polar surface area (TPSA) is 58.4 Å². The summed E-state index contributed by atoms with van der Waals surface area (Å²) in [6, 6.07) is 4.98. The molecule has 0 aromatic heterocycles. The Hall–Kier alpha value is -1.62. The van der Waals surface area contributed by atoms with Gasteiger partial charge in [0.2, 0.25) is 5.91 Å². The second-order valence-electron chi connectivity index (χ2n) is 6.17. The SMILES string of the molecule is NC(=O)c1ccc(N(CC2CC2)CC2CCCN2)c(F)c1. The lowest BCUT2D eigenvalue weighted by molar-refractivity contribution is 0.1000. The molecule has 5 heteroatoms. The van der Waals surface area contributed by atoms with Crippen LogP contribution in [0.2, 0.25) is 0 Å². The standard InChI is InChI=1S/C16H22FN3O/c17-14-8-12(16(18)21)5-6-15(14)20(9-11-3-4-11)10-13-2-1-7-19-13/h5-6,8,11,13,19H,1-4,7,9-10H2,(H2,18,21). The predicted octanol–water partition coefficient (Wildman–Crippen LogP) is 1.89. The lowest BCUT2D eigenvalue weighted by Crippen LogP contribution is -2.39. The molecule has 21 heavy (non-hydrogen) atoms. The molecular weight excluding hydrogens is 269 g/mol. The number of benzene rings is 1. The number of halogens is 1. The van der Waals surface area contributed by atoms with E-state index in [2.05, 4.69) is 10.2 Å². The lowest BCUT2D eigenvalue weighted by atomic mass is 10.1. The number of rotatable bonds is 6. The number of amides is 1. The largest absolute Gasteiger partial charge is 0.367 e. The summed E-state index contributed by atoms with van der Waals surface area (Å²) < 4.78 is 14.3. The Morgan fingerprint density at radius 1 is 1.33 bits per heavy atom. The van der Waals surface area contributed by atoms with Gasteiger partial charge in [-0.25, -0.2) is 4.39 Å². The van der Waals surface area contributed by atoms with Gasteiger partial charge in [-0.15, -0.1) is 0 Å². The molecule has 0 radical (unpaired) electrons. The summed E-state index contributed by atoms with van der Waals surface area (Å²) in [4.78, 5) is 13.3. The Morgan fingerprint density at radius 2 is 2.14 bits per heavy atom. The van der Waals surface area contributed by atoms with Crippen molar-refractivity contribution in [3.63, 3.8) is 0 Å². The van der Waals surface area contributed by atoms with Gasteiger partial charge in [0.1, 0.15) is 5.82 Å². The predicted molar refractivity (Wildman–Crippen MR) is 80.9 cm³/mol. The van der Waals surface area contributed by atoms with Gasteiger partial charge in [0.15, 0.2) is 0 Å². The normalized spacial score (nSPS) is 21.5. The molecule has 1 saturated heterocycles. The van der Waals surface area contributed by atoms with E-state index in [0.29, 0.717) is 17.6 Å². The molecule has 1 unspecified atom stereocenters. The number of hydrogen-bond acceptors (Lipinski definition) is 3. The number of nitrogens with two attached hydrogens (primary N) is 1. The quantitative estimate of drug-likeness (QED) is 0.841. The zero-order chi connectivity index (χ0) is 14.8. The fraction of sp³-hybridized carbons (Fsp3) is 0.562. The van der Waals surface area contributed by atoms with Crippen molar-refractivity contribution in [1.82, 2.24) is 5.32 Å². The Labute approximate surface area is 124 Å². The monoisotopic (exact) mass is 291 g/mol. The van der Waals surface area contributed by atoms with Gasteiger partial charge < -0.3 is 16.0 Å². The van der Waals surface area contributed by atoms with Gasteiger partial charge in [0.05, 0.1) is 5.69 Å². The first kappa shape index (κ1) is 14.3.